The van der Waals surface area contributed by atoms with Crippen molar-refractivity contribution in [3.8, 4) is 16.9 Å². The van der Waals surface area contributed by atoms with Crippen molar-refractivity contribution in [2.45, 2.75) is 18.9 Å². The standard InChI is InChI=1S/C31H26F2N4O3/c1-34-31(40)20-6-4-19(5-7-20)25-3-2-10-35-30(25)28(13-18-11-22(32)15-23(33)12-18)37-29(39)14-21-17-36-27-9-8-24(38)16-26(21)27/h2-12,15-17,28,36,38H,13-14H2,1H3,(H,34,40)(H,37,39). The number of hydrogen-bond donors (Lipinski definition) is 4. The lowest BCUT2D eigenvalue weighted by Gasteiger charge is -2.22. The van der Waals surface area contributed by atoms with Gasteiger partial charge in [-0.15, -0.1) is 0 Å². The number of halogens is 2. The number of nitrogens with zero attached hydrogens (tertiary/aromatic N) is 1. The van der Waals surface area contributed by atoms with E-state index in [2.05, 4.69) is 20.6 Å². The first kappa shape index (κ1) is 26.6. The Balaban J connectivity index is 1.49. The molecule has 1 unspecified atom stereocenters. The highest BCUT2D eigenvalue weighted by atomic mass is 19.1. The predicted octanol–water partition coefficient (Wildman–Crippen LogP) is 5.22. The fourth-order valence-corrected chi connectivity index (χ4v) is 4.80. The summed E-state index contributed by atoms with van der Waals surface area (Å²) in [6.45, 7) is 0. The fourth-order valence-electron chi connectivity index (χ4n) is 4.80. The zero-order chi connectivity index (χ0) is 28.2. The molecule has 202 valence electrons. The molecular formula is C31H26F2N4O3. The Morgan fingerprint density at radius 2 is 1.75 bits per heavy atom. The van der Waals surface area contributed by atoms with Crippen LogP contribution in [0.5, 0.6) is 5.75 Å². The Kier molecular flexibility index (Phi) is 7.54. The molecule has 2 aromatic heterocycles. The smallest absolute Gasteiger partial charge is 0.251 e. The molecule has 7 nitrogen and oxygen atoms in total. The second kappa shape index (κ2) is 11.4. The van der Waals surface area contributed by atoms with Crippen LogP contribution in [0.15, 0.2) is 85.2 Å². The summed E-state index contributed by atoms with van der Waals surface area (Å²) in [5, 5.41) is 16.2. The van der Waals surface area contributed by atoms with E-state index in [1.165, 1.54) is 12.1 Å². The second-order valence-corrected chi connectivity index (χ2v) is 9.42. The van der Waals surface area contributed by atoms with Crippen LogP contribution in [-0.4, -0.2) is 33.9 Å². The molecule has 5 aromatic rings. The fraction of sp³-hybridized carbons (Fsp3) is 0.129. The van der Waals surface area contributed by atoms with Gasteiger partial charge in [-0.05, 0) is 71.6 Å². The van der Waals surface area contributed by atoms with E-state index in [4.69, 9.17) is 0 Å². The molecule has 0 fully saturated rings. The number of hydrogen-bond acceptors (Lipinski definition) is 4. The Labute approximate surface area is 228 Å². The van der Waals surface area contributed by atoms with Gasteiger partial charge >= 0.3 is 0 Å². The third kappa shape index (κ3) is 5.83. The molecule has 0 aliphatic carbocycles. The first-order valence-corrected chi connectivity index (χ1v) is 12.6. The lowest BCUT2D eigenvalue weighted by Crippen LogP contribution is -2.32. The van der Waals surface area contributed by atoms with Crippen LogP contribution in [0.2, 0.25) is 0 Å². The summed E-state index contributed by atoms with van der Waals surface area (Å²) in [5.41, 5.74) is 4.26. The molecule has 0 saturated carbocycles. The van der Waals surface area contributed by atoms with Gasteiger partial charge in [0.05, 0.1) is 18.2 Å². The maximum Gasteiger partial charge on any atom is 0.251 e. The number of aromatic nitrogens is 2. The molecule has 3 aromatic carbocycles. The van der Waals surface area contributed by atoms with Gasteiger partial charge in [-0.25, -0.2) is 8.78 Å². The molecule has 0 spiro atoms. The van der Waals surface area contributed by atoms with Gasteiger partial charge in [0.1, 0.15) is 17.4 Å². The number of carbonyl (C=O) groups is 2. The number of carbonyl (C=O) groups excluding carboxylic acids is 2. The lowest BCUT2D eigenvalue weighted by atomic mass is 9.94. The molecule has 40 heavy (non-hydrogen) atoms. The van der Waals surface area contributed by atoms with Crippen molar-refractivity contribution in [2.75, 3.05) is 7.05 Å². The first-order chi connectivity index (χ1) is 19.3. The molecule has 5 rings (SSSR count). The number of H-pyrrole nitrogens is 1. The highest BCUT2D eigenvalue weighted by Crippen LogP contribution is 2.30. The summed E-state index contributed by atoms with van der Waals surface area (Å²) in [6.07, 6.45) is 3.38. The zero-order valence-corrected chi connectivity index (χ0v) is 21.5. The summed E-state index contributed by atoms with van der Waals surface area (Å²) >= 11 is 0. The average Bonchev–Trinajstić information content (AvgIpc) is 3.33. The van der Waals surface area contributed by atoms with Crippen molar-refractivity contribution in [1.29, 1.82) is 0 Å². The topological polar surface area (TPSA) is 107 Å². The third-order valence-corrected chi connectivity index (χ3v) is 6.65. The summed E-state index contributed by atoms with van der Waals surface area (Å²) in [7, 11) is 1.55. The highest BCUT2D eigenvalue weighted by Gasteiger charge is 2.22. The normalized spacial score (nSPS) is 11.8. The molecule has 1 atom stereocenters. The minimum absolute atomic E-state index is 0.000455. The van der Waals surface area contributed by atoms with Crippen molar-refractivity contribution in [3.05, 3.63) is 119 Å². The molecule has 2 amide bonds. The van der Waals surface area contributed by atoms with Crippen LogP contribution >= 0.6 is 0 Å². The van der Waals surface area contributed by atoms with Crippen LogP contribution in [0.25, 0.3) is 22.0 Å². The summed E-state index contributed by atoms with van der Waals surface area (Å²) in [4.78, 5) is 33.0. The zero-order valence-electron chi connectivity index (χ0n) is 21.5. The minimum atomic E-state index is -0.734. The number of nitrogens with one attached hydrogen (secondary N) is 3. The van der Waals surface area contributed by atoms with Crippen molar-refractivity contribution in [2.24, 2.45) is 0 Å². The lowest BCUT2D eigenvalue weighted by molar-refractivity contribution is -0.121. The van der Waals surface area contributed by atoms with Crippen LogP contribution in [-0.2, 0) is 17.6 Å². The molecule has 0 aliphatic heterocycles. The van der Waals surface area contributed by atoms with Gasteiger partial charge in [0, 0.05) is 47.5 Å². The van der Waals surface area contributed by atoms with Crippen molar-refractivity contribution < 1.29 is 23.5 Å². The van der Waals surface area contributed by atoms with Crippen LogP contribution in [0, 0.1) is 11.6 Å². The summed E-state index contributed by atoms with van der Waals surface area (Å²) in [6, 6.07) is 17.9. The quantitative estimate of drug-likeness (QED) is 0.217. The molecule has 0 radical (unpaired) electrons. The van der Waals surface area contributed by atoms with Gasteiger partial charge in [-0.2, -0.15) is 0 Å². The maximum absolute atomic E-state index is 14.1. The van der Waals surface area contributed by atoms with Gasteiger partial charge in [0.2, 0.25) is 5.91 Å². The van der Waals surface area contributed by atoms with Crippen molar-refractivity contribution >= 4 is 22.7 Å². The number of phenolic OH excluding ortho intramolecular Hbond substituents is 1. The third-order valence-electron chi connectivity index (χ3n) is 6.65. The van der Waals surface area contributed by atoms with Gasteiger partial charge in [-0.3, -0.25) is 14.6 Å². The van der Waals surface area contributed by atoms with E-state index in [0.717, 1.165) is 17.1 Å². The number of amides is 2. The Bertz CT molecular complexity index is 1680. The van der Waals surface area contributed by atoms with Crippen LogP contribution < -0.4 is 10.6 Å². The molecule has 4 N–H and O–H groups in total. The van der Waals surface area contributed by atoms with Gasteiger partial charge < -0.3 is 20.7 Å². The molecule has 0 aliphatic rings. The molecule has 2 heterocycles. The van der Waals surface area contributed by atoms with E-state index in [9.17, 15) is 23.5 Å². The van der Waals surface area contributed by atoms with E-state index in [-0.39, 0.29) is 30.4 Å². The van der Waals surface area contributed by atoms with Gasteiger partial charge in [0.15, 0.2) is 0 Å². The molecule has 0 saturated heterocycles. The van der Waals surface area contributed by atoms with E-state index >= 15 is 0 Å². The van der Waals surface area contributed by atoms with Crippen LogP contribution in [0.3, 0.4) is 0 Å². The molecular weight excluding hydrogens is 514 g/mol. The predicted molar refractivity (Wildman–Crippen MR) is 148 cm³/mol. The van der Waals surface area contributed by atoms with Crippen LogP contribution in [0.1, 0.15) is 33.2 Å². The van der Waals surface area contributed by atoms with E-state index in [1.807, 2.05) is 6.07 Å². The monoisotopic (exact) mass is 540 g/mol. The SMILES string of the molecule is CNC(=O)c1ccc(-c2cccnc2C(Cc2cc(F)cc(F)c2)NC(=O)Cc2c[nH]c3ccc(O)cc23)cc1. The summed E-state index contributed by atoms with van der Waals surface area (Å²) in [5.74, 6) is -1.91. The Morgan fingerprint density at radius 1 is 1.00 bits per heavy atom. The number of fused-ring (bicyclic) bond motifs is 1. The minimum Gasteiger partial charge on any atom is -0.508 e. The number of pyridine rings is 1. The Morgan fingerprint density at radius 3 is 2.48 bits per heavy atom. The number of aromatic amines is 1. The van der Waals surface area contributed by atoms with E-state index < -0.39 is 17.7 Å². The number of benzene rings is 3. The largest absolute Gasteiger partial charge is 0.508 e. The number of rotatable bonds is 8. The Hall–Kier alpha value is -5.05. The number of phenols is 1. The van der Waals surface area contributed by atoms with Gasteiger partial charge in [-0.1, -0.05) is 18.2 Å². The first-order valence-electron chi connectivity index (χ1n) is 12.6. The van der Waals surface area contributed by atoms with Crippen molar-refractivity contribution in [1.82, 2.24) is 20.6 Å². The summed E-state index contributed by atoms with van der Waals surface area (Å²) < 4.78 is 28.1. The molecule has 0 bridgehead atoms. The molecule has 9 heteroatoms. The van der Waals surface area contributed by atoms with Gasteiger partial charge in [0.25, 0.3) is 5.91 Å². The second-order valence-electron chi connectivity index (χ2n) is 9.42. The average molecular weight is 541 g/mol. The highest BCUT2D eigenvalue weighted by molar-refractivity contribution is 5.94. The maximum atomic E-state index is 14.1. The van der Waals surface area contributed by atoms with E-state index in [0.29, 0.717) is 33.3 Å². The number of aromatic hydroxyl groups is 1. The van der Waals surface area contributed by atoms with Crippen LogP contribution in [0.4, 0.5) is 8.78 Å². The van der Waals surface area contributed by atoms with E-state index in [1.54, 1.807) is 68.0 Å². The van der Waals surface area contributed by atoms with Crippen molar-refractivity contribution in [3.63, 3.8) is 0 Å².